The Bertz CT molecular complexity index is 738. The summed E-state index contributed by atoms with van der Waals surface area (Å²) in [6, 6.07) is 17.6. The number of hydrogen-bond acceptors (Lipinski definition) is 2. The minimum absolute atomic E-state index is 0.124. The molecule has 0 spiro atoms. The summed E-state index contributed by atoms with van der Waals surface area (Å²) in [6.45, 7) is 6.33. The number of aliphatic carboxylic acids is 1. The van der Waals surface area contributed by atoms with Crippen LogP contribution >= 0.6 is 0 Å². The van der Waals surface area contributed by atoms with Crippen molar-refractivity contribution in [2.24, 2.45) is 11.8 Å². The molecule has 0 heterocycles. The van der Waals surface area contributed by atoms with Crippen LogP contribution in [0.1, 0.15) is 43.4 Å². The molecule has 0 aliphatic carbocycles. The Labute approximate surface area is 161 Å². The van der Waals surface area contributed by atoms with E-state index < -0.39 is 11.9 Å². The van der Waals surface area contributed by atoms with Gasteiger partial charge in [0.05, 0.1) is 11.8 Å². The smallest absolute Gasteiger partial charge is 0.308 e. The average Bonchev–Trinajstić information content (AvgIpc) is 2.65. The van der Waals surface area contributed by atoms with Gasteiger partial charge in [0.1, 0.15) is 0 Å². The predicted molar refractivity (Wildman–Crippen MR) is 108 cm³/mol. The lowest BCUT2D eigenvalue weighted by Crippen LogP contribution is -2.36. The van der Waals surface area contributed by atoms with Crippen LogP contribution in [0.25, 0.3) is 0 Å². The first-order valence-electron chi connectivity index (χ1n) is 9.50. The molecule has 2 N–H and O–H groups in total. The second kappa shape index (κ2) is 9.91. The molecule has 1 amide bonds. The number of benzene rings is 2. The molecule has 0 aliphatic rings. The van der Waals surface area contributed by atoms with Crippen molar-refractivity contribution in [1.82, 2.24) is 5.32 Å². The Morgan fingerprint density at radius 2 is 1.48 bits per heavy atom. The van der Waals surface area contributed by atoms with Crippen LogP contribution in [-0.4, -0.2) is 23.5 Å². The molecule has 2 aromatic carbocycles. The van der Waals surface area contributed by atoms with E-state index >= 15 is 0 Å². The summed E-state index contributed by atoms with van der Waals surface area (Å²) >= 11 is 0. The quantitative estimate of drug-likeness (QED) is 0.703. The van der Waals surface area contributed by atoms with Gasteiger partial charge in [-0.05, 0) is 42.4 Å². The van der Waals surface area contributed by atoms with Gasteiger partial charge in [-0.2, -0.15) is 0 Å². The van der Waals surface area contributed by atoms with Gasteiger partial charge in [0, 0.05) is 6.54 Å². The molecule has 0 fully saturated rings. The van der Waals surface area contributed by atoms with Crippen LogP contribution < -0.4 is 5.32 Å². The molecule has 0 radical (unpaired) electrons. The van der Waals surface area contributed by atoms with Gasteiger partial charge in [-0.15, -0.1) is 0 Å². The normalized spacial score (nSPS) is 13.2. The molecule has 0 aliphatic heterocycles. The maximum Gasteiger partial charge on any atom is 0.308 e. The molecule has 0 saturated carbocycles. The zero-order valence-corrected chi connectivity index (χ0v) is 16.3. The number of carboxylic acids is 1. The number of hydrogen-bond donors (Lipinski definition) is 2. The number of amides is 1. The Morgan fingerprint density at radius 1 is 0.889 bits per heavy atom. The number of nitrogens with one attached hydrogen (secondary N) is 1. The van der Waals surface area contributed by atoms with Gasteiger partial charge in [0.25, 0.3) is 0 Å². The zero-order valence-electron chi connectivity index (χ0n) is 16.3. The third-order valence-corrected chi connectivity index (χ3v) is 4.71. The summed E-state index contributed by atoms with van der Waals surface area (Å²) in [5.41, 5.74) is 3.15. The highest BCUT2D eigenvalue weighted by atomic mass is 16.4. The minimum Gasteiger partial charge on any atom is -0.481 e. The van der Waals surface area contributed by atoms with Crippen LogP contribution in [0.5, 0.6) is 0 Å². The lowest BCUT2D eigenvalue weighted by molar-refractivity contribution is -0.141. The molecule has 0 aromatic heterocycles. The van der Waals surface area contributed by atoms with Gasteiger partial charge in [0.2, 0.25) is 5.91 Å². The third-order valence-electron chi connectivity index (χ3n) is 4.71. The number of carboxylic acid groups (broad SMARTS) is 1. The summed E-state index contributed by atoms with van der Waals surface area (Å²) in [7, 11) is 0. The van der Waals surface area contributed by atoms with Crippen molar-refractivity contribution < 1.29 is 14.7 Å². The van der Waals surface area contributed by atoms with Crippen molar-refractivity contribution in [3.05, 3.63) is 71.3 Å². The van der Waals surface area contributed by atoms with Crippen molar-refractivity contribution in [3.8, 4) is 0 Å². The van der Waals surface area contributed by atoms with E-state index in [0.29, 0.717) is 12.3 Å². The fourth-order valence-electron chi connectivity index (χ4n) is 3.09. The summed E-state index contributed by atoms with van der Waals surface area (Å²) in [5.74, 6) is -1.41. The summed E-state index contributed by atoms with van der Waals surface area (Å²) < 4.78 is 0. The van der Waals surface area contributed by atoms with Crippen LogP contribution in [0.2, 0.25) is 0 Å². The van der Waals surface area contributed by atoms with E-state index in [2.05, 4.69) is 31.3 Å². The molecular formula is C23H29NO3. The van der Waals surface area contributed by atoms with E-state index in [0.717, 1.165) is 17.5 Å². The van der Waals surface area contributed by atoms with Crippen molar-refractivity contribution in [1.29, 1.82) is 0 Å². The fourth-order valence-corrected chi connectivity index (χ4v) is 3.09. The maximum absolute atomic E-state index is 12.5. The topological polar surface area (TPSA) is 66.4 Å². The fraction of sp³-hybridized carbons (Fsp3) is 0.391. The molecule has 2 atom stereocenters. The van der Waals surface area contributed by atoms with Crippen molar-refractivity contribution in [2.45, 2.75) is 39.5 Å². The Hall–Kier alpha value is -2.62. The lowest BCUT2D eigenvalue weighted by Gasteiger charge is -2.17. The highest BCUT2D eigenvalue weighted by molar-refractivity contribution is 5.83. The van der Waals surface area contributed by atoms with E-state index in [4.69, 9.17) is 0 Å². The third kappa shape index (κ3) is 6.55. The SMILES string of the molecule is CC(C)Cc1ccc(C(C)C(=O)NCC(Cc2ccccc2)C(=O)O)cc1. The number of rotatable bonds is 9. The monoisotopic (exact) mass is 367 g/mol. The van der Waals surface area contributed by atoms with Crippen molar-refractivity contribution in [3.63, 3.8) is 0 Å². The Kier molecular flexibility index (Phi) is 7.59. The molecule has 4 nitrogen and oxygen atoms in total. The zero-order chi connectivity index (χ0) is 19.8. The highest BCUT2D eigenvalue weighted by Gasteiger charge is 2.21. The second-order valence-corrected chi connectivity index (χ2v) is 7.53. The van der Waals surface area contributed by atoms with E-state index in [1.54, 1.807) is 0 Å². The van der Waals surface area contributed by atoms with E-state index in [1.165, 1.54) is 5.56 Å². The standard InChI is InChI=1S/C23H29NO3/c1-16(2)13-19-9-11-20(12-10-19)17(3)22(25)24-15-21(23(26)27)14-18-7-5-4-6-8-18/h4-12,16-17,21H,13-15H2,1-3H3,(H,24,25)(H,26,27). The predicted octanol–water partition coefficient (Wildman–Crippen LogP) is 4.05. The van der Waals surface area contributed by atoms with E-state index in [1.807, 2.05) is 49.4 Å². The Balaban J connectivity index is 1.93. The van der Waals surface area contributed by atoms with Crippen LogP contribution in [-0.2, 0) is 22.4 Å². The molecule has 2 unspecified atom stereocenters. The first kappa shape index (κ1) is 20.7. The van der Waals surface area contributed by atoms with E-state index in [-0.39, 0.29) is 18.4 Å². The molecule has 27 heavy (non-hydrogen) atoms. The van der Waals surface area contributed by atoms with Crippen LogP contribution in [0.15, 0.2) is 54.6 Å². The average molecular weight is 367 g/mol. The summed E-state index contributed by atoms with van der Waals surface area (Å²) in [4.78, 5) is 24.0. The van der Waals surface area contributed by atoms with Gasteiger partial charge < -0.3 is 10.4 Å². The van der Waals surface area contributed by atoms with Crippen LogP contribution in [0.4, 0.5) is 0 Å². The minimum atomic E-state index is -0.898. The van der Waals surface area contributed by atoms with Crippen molar-refractivity contribution >= 4 is 11.9 Å². The first-order chi connectivity index (χ1) is 12.9. The van der Waals surface area contributed by atoms with Crippen LogP contribution in [0, 0.1) is 11.8 Å². The molecular weight excluding hydrogens is 338 g/mol. The number of carbonyl (C=O) groups is 2. The molecule has 0 bridgehead atoms. The first-order valence-corrected chi connectivity index (χ1v) is 9.50. The number of carbonyl (C=O) groups excluding carboxylic acids is 1. The molecule has 2 rings (SSSR count). The second-order valence-electron chi connectivity index (χ2n) is 7.53. The summed E-state index contributed by atoms with van der Waals surface area (Å²) in [6.07, 6.45) is 1.41. The molecule has 2 aromatic rings. The van der Waals surface area contributed by atoms with E-state index in [9.17, 15) is 14.7 Å². The van der Waals surface area contributed by atoms with Gasteiger partial charge in [0.15, 0.2) is 0 Å². The molecule has 0 saturated heterocycles. The van der Waals surface area contributed by atoms with Gasteiger partial charge in [-0.3, -0.25) is 9.59 Å². The van der Waals surface area contributed by atoms with Crippen LogP contribution in [0.3, 0.4) is 0 Å². The summed E-state index contributed by atoms with van der Waals surface area (Å²) in [5, 5.41) is 12.3. The molecule has 144 valence electrons. The lowest BCUT2D eigenvalue weighted by atomic mass is 9.95. The maximum atomic E-state index is 12.5. The van der Waals surface area contributed by atoms with Crippen molar-refractivity contribution in [2.75, 3.05) is 6.54 Å². The molecule has 4 heteroatoms. The Morgan fingerprint density at radius 3 is 2.04 bits per heavy atom. The highest BCUT2D eigenvalue weighted by Crippen LogP contribution is 2.18. The van der Waals surface area contributed by atoms with Gasteiger partial charge in [-0.1, -0.05) is 68.4 Å². The van der Waals surface area contributed by atoms with Gasteiger partial charge >= 0.3 is 5.97 Å². The largest absolute Gasteiger partial charge is 0.481 e. The van der Waals surface area contributed by atoms with Gasteiger partial charge in [-0.25, -0.2) is 0 Å².